The molecule has 0 bridgehead atoms. The number of amides is 9. The van der Waals surface area contributed by atoms with E-state index in [1.807, 2.05) is 0 Å². The number of ether oxygens (including phenoxy) is 2. The van der Waals surface area contributed by atoms with Crippen LogP contribution in [0.2, 0.25) is 0 Å². The maximum Gasteiger partial charge on any atom is 0.343 e. The van der Waals surface area contributed by atoms with Crippen LogP contribution in [0.1, 0.15) is 77.6 Å². The number of aryl methyl sites for hydroxylation is 1. The molecule has 1 saturated heterocycles. The number of hydrogen-bond donors (Lipinski definition) is 7. The summed E-state index contributed by atoms with van der Waals surface area (Å²) < 4.78 is 43.3. The molecule has 1 fully saturated rings. The highest BCUT2D eigenvalue weighted by molar-refractivity contribution is 6.13. The third kappa shape index (κ3) is 11.8. The highest BCUT2D eigenvalue weighted by atomic mass is 19.1. The third-order valence-electron chi connectivity index (χ3n) is 15.1. The van der Waals surface area contributed by atoms with Gasteiger partial charge < -0.3 is 55.9 Å². The lowest BCUT2D eigenvalue weighted by atomic mass is 9.81. The van der Waals surface area contributed by atoms with Gasteiger partial charge in [0, 0.05) is 54.1 Å². The van der Waals surface area contributed by atoms with Crippen LogP contribution >= 0.6 is 0 Å². The Morgan fingerprint density at radius 1 is 0.864 bits per heavy atom. The van der Waals surface area contributed by atoms with Crippen molar-refractivity contribution in [1.82, 2.24) is 51.3 Å². The van der Waals surface area contributed by atoms with Crippen molar-refractivity contribution in [3.63, 3.8) is 0 Å². The molecule has 9 amide bonds. The van der Waals surface area contributed by atoms with Gasteiger partial charge in [-0.05, 0) is 60.9 Å². The molecule has 2 aromatic heterocycles. The number of nitrogens with zero attached hydrogens (tertiary/aromatic N) is 4. The Labute approximate surface area is 460 Å². The number of aromatic nitrogens is 2. The summed E-state index contributed by atoms with van der Waals surface area (Å²) in [6, 6.07) is 7.62. The first-order valence-corrected chi connectivity index (χ1v) is 26.4. The number of carbonyl (C=O) groups excluding carboxylic acids is 10. The van der Waals surface area contributed by atoms with E-state index in [0.29, 0.717) is 33.2 Å². The van der Waals surface area contributed by atoms with Crippen molar-refractivity contribution >= 4 is 70.0 Å². The molecule has 7 N–H and O–H groups in total. The van der Waals surface area contributed by atoms with Gasteiger partial charge in [0.1, 0.15) is 30.7 Å². The Kier molecular flexibility index (Phi) is 16.8. The van der Waals surface area contributed by atoms with Crippen molar-refractivity contribution in [3.8, 4) is 11.4 Å². The van der Waals surface area contributed by atoms with E-state index in [1.165, 1.54) is 16.7 Å². The molecular formula is C55H58F2N10O14. The third-order valence-corrected chi connectivity index (χ3v) is 15.1. The standard InChI is InChI=1S/C55H58F2N10O14/c1-3-55(79)33-20-39-49-31(26-67(39)53(77)32(33)27-81-54(55)78)48-36(10-9-30-28(2)35(57)21-37(63-49)47(30)48)64-52(76)50-34(56)13-15-66(50)46(74)25-60-42(70)23-61-51(75)38(19-29-7-5-4-6-8-29)62-43(71)24-59-41(69)22-58-40(68)14-17-80-18-16-65-44(72)11-12-45(65)73/h4-8,11-12,20-21,34,36,38,50,79H,3,9-10,13-19,22-27H2,1-2H3,(H,58,68)(H,59,69)(H,60,70)(H,61,75)(H,62,71)(H,64,76)/t34-,36-,38-,50-,55-/m0/s1. The van der Waals surface area contributed by atoms with E-state index in [-0.39, 0.29) is 106 Å². The van der Waals surface area contributed by atoms with Crippen LogP contribution in [0.3, 0.4) is 0 Å². The number of imide groups is 1. The maximum atomic E-state index is 15.9. The van der Waals surface area contributed by atoms with E-state index in [0.717, 1.165) is 22.0 Å². The first-order chi connectivity index (χ1) is 38.8. The largest absolute Gasteiger partial charge is 0.458 e. The normalized spacial score (nSPS) is 19.8. The highest BCUT2D eigenvalue weighted by Crippen LogP contribution is 2.46. The van der Waals surface area contributed by atoms with Gasteiger partial charge >= 0.3 is 5.97 Å². The van der Waals surface area contributed by atoms with Crippen LogP contribution in [-0.4, -0.2) is 154 Å². The number of halogens is 2. The summed E-state index contributed by atoms with van der Waals surface area (Å²) in [6.45, 7) is 0.133. The van der Waals surface area contributed by atoms with Crippen molar-refractivity contribution in [2.24, 2.45) is 0 Å². The summed E-state index contributed by atoms with van der Waals surface area (Å²) in [7, 11) is 0. The number of aliphatic hydroxyl groups is 1. The number of fused-ring (bicyclic) bond motifs is 5. The van der Waals surface area contributed by atoms with Crippen molar-refractivity contribution in [3.05, 3.63) is 110 Å². The second-order valence-electron chi connectivity index (χ2n) is 20.1. The topological polar surface area (TPSA) is 323 Å². The molecular weight excluding hydrogens is 1060 g/mol. The Balaban J connectivity index is 0.786. The van der Waals surface area contributed by atoms with Crippen molar-refractivity contribution in [2.75, 3.05) is 52.5 Å². The van der Waals surface area contributed by atoms with Crippen LogP contribution < -0.4 is 37.5 Å². The minimum atomic E-state index is -2.11. The molecule has 24 nitrogen and oxygen atoms in total. The lowest BCUT2D eigenvalue weighted by Gasteiger charge is -2.32. The molecule has 0 saturated carbocycles. The van der Waals surface area contributed by atoms with Crippen LogP contribution in [0, 0.1) is 12.7 Å². The molecule has 81 heavy (non-hydrogen) atoms. The van der Waals surface area contributed by atoms with Gasteiger partial charge in [-0.25, -0.2) is 18.6 Å². The molecule has 426 valence electrons. The molecule has 5 atom stereocenters. The number of hydrogen-bond acceptors (Lipinski definition) is 15. The molecule has 1 aliphatic carbocycles. The SMILES string of the molecule is CC[C@@]1(O)C(=O)OCc2c1cc1n(c2=O)Cc2c-1nc1cc(F)c(C)c3c1c2[C@@H](NC(=O)[C@@H]1[C@@H](F)CCN1C(=O)CNC(=O)CNC(=O)[C@H](Cc1ccccc1)NC(=O)CNC(=O)CNC(=O)CCOCCN1C(=O)C=CC1=O)CC3. The number of benzene rings is 2. The van der Waals surface area contributed by atoms with E-state index in [4.69, 9.17) is 14.5 Å². The molecule has 0 spiro atoms. The van der Waals surface area contributed by atoms with Gasteiger partial charge in [0.05, 0.1) is 81.0 Å². The van der Waals surface area contributed by atoms with Crippen LogP contribution in [0.5, 0.6) is 0 Å². The minimum Gasteiger partial charge on any atom is -0.458 e. The van der Waals surface area contributed by atoms with Crippen LogP contribution in [0.15, 0.2) is 59.4 Å². The first-order valence-electron chi connectivity index (χ1n) is 26.4. The molecule has 0 radical (unpaired) electrons. The minimum absolute atomic E-state index is 0.00191. The summed E-state index contributed by atoms with van der Waals surface area (Å²) in [5.41, 5.74) is 0.949. The molecule has 4 aliphatic heterocycles. The first kappa shape index (κ1) is 56.9. The Morgan fingerprint density at radius 3 is 2.28 bits per heavy atom. The maximum absolute atomic E-state index is 15.9. The van der Waals surface area contributed by atoms with Gasteiger partial charge in [-0.2, -0.15) is 0 Å². The molecule has 4 aromatic rings. The Hall–Kier alpha value is -8.78. The lowest BCUT2D eigenvalue weighted by Crippen LogP contribution is -2.54. The number of nitrogens with one attached hydrogen (secondary N) is 6. The van der Waals surface area contributed by atoms with Gasteiger partial charge in [-0.3, -0.25) is 52.8 Å². The highest BCUT2D eigenvalue weighted by Gasteiger charge is 2.47. The number of cyclic esters (lactones) is 1. The predicted octanol–water partition coefficient (Wildman–Crippen LogP) is -0.906. The zero-order chi connectivity index (χ0) is 57.9. The molecule has 26 heteroatoms. The average Bonchev–Trinajstić information content (AvgIpc) is 3.57. The molecule has 5 aliphatic rings. The number of likely N-dealkylation sites (tertiary alicyclic amines) is 1. The molecule has 9 rings (SSSR count). The van der Waals surface area contributed by atoms with Crippen molar-refractivity contribution < 1.29 is 71.3 Å². The van der Waals surface area contributed by atoms with Crippen molar-refractivity contribution in [2.45, 2.75) is 95.4 Å². The van der Waals surface area contributed by atoms with Gasteiger partial charge in [0.2, 0.25) is 41.4 Å². The fourth-order valence-corrected chi connectivity index (χ4v) is 10.8. The summed E-state index contributed by atoms with van der Waals surface area (Å²) >= 11 is 0. The molecule has 6 heterocycles. The summed E-state index contributed by atoms with van der Waals surface area (Å²) in [4.78, 5) is 149. The number of carbonyl (C=O) groups is 10. The van der Waals surface area contributed by atoms with E-state index in [1.54, 1.807) is 44.2 Å². The van der Waals surface area contributed by atoms with Gasteiger partial charge in [0.25, 0.3) is 17.4 Å². The predicted molar refractivity (Wildman–Crippen MR) is 279 cm³/mol. The quantitative estimate of drug-likeness (QED) is 0.0266. The van der Waals surface area contributed by atoms with Crippen LogP contribution in [0.25, 0.3) is 22.3 Å². The van der Waals surface area contributed by atoms with E-state index >= 15 is 8.78 Å². The van der Waals surface area contributed by atoms with Gasteiger partial charge in [0.15, 0.2) is 5.60 Å². The van der Waals surface area contributed by atoms with E-state index in [9.17, 15) is 57.8 Å². The number of esters is 1. The monoisotopic (exact) mass is 1120 g/mol. The van der Waals surface area contributed by atoms with Crippen molar-refractivity contribution in [1.29, 1.82) is 0 Å². The second kappa shape index (κ2) is 23.9. The Bertz CT molecular complexity index is 3370. The number of rotatable bonds is 21. The van der Waals surface area contributed by atoms with E-state index in [2.05, 4.69) is 31.9 Å². The molecule has 2 aromatic carbocycles. The zero-order valence-electron chi connectivity index (χ0n) is 44.1. The smallest absolute Gasteiger partial charge is 0.343 e. The van der Waals surface area contributed by atoms with Crippen LogP contribution in [0.4, 0.5) is 8.78 Å². The summed E-state index contributed by atoms with van der Waals surface area (Å²) in [5, 5.41) is 26.9. The number of alkyl halides is 1. The fourth-order valence-electron chi connectivity index (χ4n) is 10.8. The Morgan fingerprint density at radius 2 is 1.56 bits per heavy atom. The number of pyridine rings is 2. The average molecular weight is 1120 g/mol. The molecule has 0 unspecified atom stereocenters. The van der Waals surface area contributed by atoms with Gasteiger partial charge in [-0.15, -0.1) is 0 Å². The fraction of sp³-hybridized carbons (Fsp3) is 0.418. The summed E-state index contributed by atoms with van der Waals surface area (Å²) in [5.74, 6) is -7.70. The zero-order valence-corrected chi connectivity index (χ0v) is 44.1. The second-order valence-corrected chi connectivity index (χ2v) is 20.1. The van der Waals surface area contributed by atoms with Crippen LogP contribution in [-0.2, 0) is 89.0 Å². The van der Waals surface area contributed by atoms with E-state index < -0.39 is 127 Å². The van der Waals surface area contributed by atoms with Gasteiger partial charge in [-0.1, -0.05) is 37.3 Å². The summed E-state index contributed by atoms with van der Waals surface area (Å²) in [6.07, 6.45) is 0.513. The lowest BCUT2D eigenvalue weighted by molar-refractivity contribution is -0.172.